The van der Waals surface area contributed by atoms with E-state index >= 15 is 0 Å². The van der Waals surface area contributed by atoms with E-state index in [0.29, 0.717) is 46.0 Å². The zero-order chi connectivity index (χ0) is 24.5. The lowest BCUT2D eigenvalue weighted by Crippen LogP contribution is -2.37. The predicted molar refractivity (Wildman–Crippen MR) is 142 cm³/mol. The van der Waals surface area contributed by atoms with E-state index in [0.717, 1.165) is 50.9 Å². The Morgan fingerprint density at radius 2 is 1.69 bits per heavy atom. The zero-order valence-corrected chi connectivity index (χ0v) is 22.3. The van der Waals surface area contributed by atoms with Crippen molar-refractivity contribution in [2.45, 2.75) is 44.8 Å². The molecule has 0 spiro atoms. The number of nitrogen functional groups attached to an aromatic ring is 1. The summed E-state index contributed by atoms with van der Waals surface area (Å²) in [4.78, 5) is 15.5. The molecule has 2 N–H and O–H groups in total. The molecule has 0 atom stereocenters. The number of hydrogen-bond acceptors (Lipinski definition) is 7. The highest BCUT2D eigenvalue weighted by Gasteiger charge is 2.19. The second kappa shape index (κ2) is 14.4. The van der Waals surface area contributed by atoms with Crippen LogP contribution in [0.5, 0.6) is 17.2 Å². The average Bonchev–Trinajstić information content (AvgIpc) is 2.86. The molecule has 0 radical (unpaired) electrons. The van der Waals surface area contributed by atoms with Crippen molar-refractivity contribution in [3.63, 3.8) is 0 Å². The lowest BCUT2D eigenvalue weighted by molar-refractivity contribution is 0.0407. The highest BCUT2D eigenvalue weighted by molar-refractivity contribution is 6.33. The minimum atomic E-state index is -0.00165. The summed E-state index contributed by atoms with van der Waals surface area (Å²) in [6.45, 7) is 3.32. The van der Waals surface area contributed by atoms with E-state index in [2.05, 4.69) is 4.90 Å². The smallest absolute Gasteiger partial charge is 0.166 e. The van der Waals surface area contributed by atoms with Crippen LogP contribution in [0.1, 0.15) is 48.0 Å². The van der Waals surface area contributed by atoms with E-state index in [4.69, 9.17) is 36.3 Å². The van der Waals surface area contributed by atoms with Crippen molar-refractivity contribution in [1.29, 1.82) is 0 Å². The zero-order valence-electron chi connectivity index (χ0n) is 20.7. The molecule has 0 unspecified atom stereocenters. The number of methoxy groups -OCH3 is 3. The average molecular weight is 527 g/mol. The molecular formula is C26H36Cl2N2O5. The number of ketones is 1. The van der Waals surface area contributed by atoms with Gasteiger partial charge in [-0.15, -0.1) is 12.4 Å². The maximum absolute atomic E-state index is 13.0. The largest absolute Gasteiger partial charge is 0.497 e. The Hall–Kier alpha value is -2.19. The maximum atomic E-state index is 13.0. The van der Waals surface area contributed by atoms with Gasteiger partial charge in [0.05, 0.1) is 36.6 Å². The molecule has 1 aliphatic rings. The Morgan fingerprint density at radius 3 is 2.29 bits per heavy atom. The summed E-state index contributed by atoms with van der Waals surface area (Å²) in [6, 6.07) is 8.74. The van der Waals surface area contributed by atoms with Crippen LogP contribution in [0.4, 0.5) is 5.69 Å². The van der Waals surface area contributed by atoms with E-state index in [1.54, 1.807) is 39.5 Å². The number of Topliss-reactive ketones (excluding diaryl/α,β-unsaturated/α-hetero) is 1. The molecule has 0 aliphatic carbocycles. The number of anilines is 1. The minimum Gasteiger partial charge on any atom is -0.497 e. The van der Waals surface area contributed by atoms with E-state index in [9.17, 15) is 4.79 Å². The fraction of sp³-hybridized carbons (Fsp3) is 0.500. The van der Waals surface area contributed by atoms with Crippen LogP contribution in [-0.2, 0) is 11.3 Å². The molecule has 1 saturated heterocycles. The molecule has 0 amide bonds. The third-order valence-corrected chi connectivity index (χ3v) is 6.53. The van der Waals surface area contributed by atoms with Gasteiger partial charge in [0.1, 0.15) is 23.9 Å². The number of nitrogens with zero attached hydrogens (tertiary/aromatic N) is 1. The van der Waals surface area contributed by atoms with Crippen molar-refractivity contribution in [2.75, 3.05) is 46.7 Å². The molecule has 3 rings (SSSR count). The van der Waals surface area contributed by atoms with Crippen molar-refractivity contribution in [3.05, 3.63) is 46.5 Å². The van der Waals surface area contributed by atoms with Crippen LogP contribution in [-0.4, -0.2) is 57.8 Å². The van der Waals surface area contributed by atoms with Crippen molar-refractivity contribution in [1.82, 2.24) is 4.90 Å². The number of hydrogen-bond donors (Lipinski definition) is 1. The number of halogens is 2. The van der Waals surface area contributed by atoms with Crippen LogP contribution in [0.2, 0.25) is 5.02 Å². The normalized spacial score (nSPS) is 14.3. The van der Waals surface area contributed by atoms with Gasteiger partial charge in [0.15, 0.2) is 5.78 Å². The van der Waals surface area contributed by atoms with Crippen LogP contribution in [0.15, 0.2) is 30.3 Å². The van der Waals surface area contributed by atoms with Gasteiger partial charge in [-0.3, -0.25) is 4.79 Å². The van der Waals surface area contributed by atoms with Crippen molar-refractivity contribution < 1.29 is 23.7 Å². The number of nitrogens with two attached hydrogens (primary N) is 1. The van der Waals surface area contributed by atoms with Gasteiger partial charge in [-0.05, 0) is 56.0 Å². The SMILES string of the molecule is COc1cc(COc2cc(N)c(Cl)cc2C(=O)CCCCN2CCC(OC)CC2)cc(OC)c1.Cl. The maximum Gasteiger partial charge on any atom is 0.166 e. The van der Waals surface area contributed by atoms with Crippen molar-refractivity contribution in [2.24, 2.45) is 0 Å². The van der Waals surface area contributed by atoms with E-state index in [1.165, 1.54) is 0 Å². The van der Waals surface area contributed by atoms with Crippen molar-refractivity contribution >= 4 is 35.5 Å². The van der Waals surface area contributed by atoms with E-state index < -0.39 is 0 Å². The predicted octanol–water partition coefficient (Wildman–Crippen LogP) is 5.40. The molecule has 1 fully saturated rings. The summed E-state index contributed by atoms with van der Waals surface area (Å²) < 4.78 is 22.1. The summed E-state index contributed by atoms with van der Waals surface area (Å²) >= 11 is 6.23. The Balaban J connectivity index is 0.00000432. The molecule has 2 aromatic carbocycles. The molecule has 9 heteroatoms. The number of carbonyl (C=O) groups is 1. The van der Waals surface area contributed by atoms with Gasteiger partial charge in [-0.25, -0.2) is 0 Å². The second-order valence-corrected chi connectivity index (χ2v) is 8.94. The number of unbranched alkanes of at least 4 members (excludes halogenated alkanes) is 1. The second-order valence-electron chi connectivity index (χ2n) is 8.54. The number of piperidine rings is 1. The molecule has 7 nitrogen and oxygen atoms in total. The number of likely N-dealkylation sites (tertiary alicyclic amines) is 1. The Kier molecular flexibility index (Phi) is 11.9. The first-order valence-corrected chi connectivity index (χ1v) is 12.0. The first-order chi connectivity index (χ1) is 16.4. The van der Waals surface area contributed by atoms with Gasteiger partial charge in [-0.1, -0.05) is 11.6 Å². The quantitative estimate of drug-likeness (QED) is 0.225. The number of benzene rings is 2. The van der Waals surface area contributed by atoms with Gasteiger partial charge in [0.2, 0.25) is 0 Å². The Bertz CT molecular complexity index is 943. The minimum absolute atomic E-state index is 0. The number of ether oxygens (including phenoxy) is 4. The van der Waals surface area contributed by atoms with Gasteiger partial charge in [0.25, 0.3) is 0 Å². The fourth-order valence-electron chi connectivity index (χ4n) is 4.14. The standard InChI is InChI=1S/C26H35ClN2O5.ClH/c1-31-19-7-10-29(11-8-19)9-5-4-6-25(30)22-15-23(27)24(28)16-26(22)34-17-18-12-20(32-2)14-21(13-18)33-3;/h12-16,19H,4-11,17,28H2,1-3H3;1H. The summed E-state index contributed by atoms with van der Waals surface area (Å²) in [5.74, 6) is 1.75. The molecule has 2 aromatic rings. The van der Waals surface area contributed by atoms with Gasteiger partial charge < -0.3 is 29.6 Å². The molecule has 0 saturated carbocycles. The number of rotatable bonds is 12. The molecule has 0 aromatic heterocycles. The molecule has 1 heterocycles. The summed E-state index contributed by atoms with van der Waals surface area (Å²) in [5.41, 5.74) is 7.67. The third-order valence-electron chi connectivity index (χ3n) is 6.20. The van der Waals surface area contributed by atoms with Crippen LogP contribution >= 0.6 is 24.0 Å². The number of carbonyl (C=O) groups excluding carboxylic acids is 1. The van der Waals surface area contributed by atoms with Gasteiger partial charge in [0, 0.05) is 38.8 Å². The molecule has 0 bridgehead atoms. The van der Waals surface area contributed by atoms with E-state index in [-0.39, 0.29) is 24.8 Å². The lowest BCUT2D eigenvalue weighted by atomic mass is 10.0. The summed E-state index contributed by atoms with van der Waals surface area (Å²) in [5, 5.41) is 0.347. The van der Waals surface area contributed by atoms with Crippen molar-refractivity contribution in [3.8, 4) is 17.2 Å². The monoisotopic (exact) mass is 526 g/mol. The van der Waals surface area contributed by atoms with Gasteiger partial charge in [-0.2, -0.15) is 0 Å². The molecule has 194 valence electrons. The third kappa shape index (κ3) is 8.46. The first kappa shape index (κ1) is 29.0. The topological polar surface area (TPSA) is 83.3 Å². The van der Waals surface area contributed by atoms with Gasteiger partial charge >= 0.3 is 0 Å². The van der Waals surface area contributed by atoms with Crippen LogP contribution in [0.3, 0.4) is 0 Å². The highest BCUT2D eigenvalue weighted by atomic mass is 35.5. The highest BCUT2D eigenvalue weighted by Crippen LogP contribution is 2.32. The summed E-state index contributed by atoms with van der Waals surface area (Å²) in [7, 11) is 4.97. The summed E-state index contributed by atoms with van der Waals surface area (Å²) in [6.07, 6.45) is 4.71. The lowest BCUT2D eigenvalue weighted by Gasteiger charge is -2.31. The molecule has 35 heavy (non-hydrogen) atoms. The van der Waals surface area contributed by atoms with Crippen LogP contribution in [0.25, 0.3) is 0 Å². The fourth-order valence-corrected chi connectivity index (χ4v) is 4.31. The first-order valence-electron chi connectivity index (χ1n) is 11.7. The molecule has 1 aliphatic heterocycles. The van der Waals surface area contributed by atoms with E-state index in [1.807, 2.05) is 12.1 Å². The van der Waals surface area contributed by atoms with Crippen LogP contribution < -0.4 is 19.9 Å². The Labute approximate surface area is 219 Å². The van der Waals surface area contributed by atoms with Crippen LogP contribution in [0, 0.1) is 0 Å². The molecular weight excluding hydrogens is 491 g/mol. The Morgan fingerprint density at radius 1 is 1.03 bits per heavy atom.